The zero-order valence-electron chi connectivity index (χ0n) is 15.0. The van der Waals surface area contributed by atoms with E-state index < -0.39 is 0 Å². The summed E-state index contributed by atoms with van der Waals surface area (Å²) in [5.74, 6) is 0.0149. The highest BCUT2D eigenvalue weighted by Crippen LogP contribution is 2.22. The summed E-state index contributed by atoms with van der Waals surface area (Å²) in [7, 11) is 0. The van der Waals surface area contributed by atoms with Gasteiger partial charge in [-0.25, -0.2) is 4.68 Å². The Balaban J connectivity index is 1.54. The SMILES string of the molecule is Cc1ccc(-n2nnc(C(=O)N3CCN4CCCC[C@H]4C3)c2C)cc1. The van der Waals surface area contributed by atoms with Gasteiger partial charge in [-0.2, -0.15) is 0 Å². The molecule has 0 bridgehead atoms. The Hall–Kier alpha value is -2.21. The number of fused-ring (bicyclic) bond motifs is 1. The normalized spacial score (nSPS) is 21.2. The molecule has 1 atom stereocenters. The number of aromatic nitrogens is 3. The monoisotopic (exact) mass is 339 g/mol. The van der Waals surface area contributed by atoms with Gasteiger partial charge in [0.25, 0.3) is 5.91 Å². The van der Waals surface area contributed by atoms with Gasteiger partial charge in [0.1, 0.15) is 0 Å². The molecule has 0 saturated carbocycles. The molecule has 1 amide bonds. The predicted molar refractivity (Wildman–Crippen MR) is 95.9 cm³/mol. The third-order valence-corrected chi connectivity index (χ3v) is 5.50. The van der Waals surface area contributed by atoms with E-state index in [0.29, 0.717) is 11.7 Å². The third-order valence-electron chi connectivity index (χ3n) is 5.50. The second kappa shape index (κ2) is 6.59. The van der Waals surface area contributed by atoms with Gasteiger partial charge in [0.2, 0.25) is 0 Å². The van der Waals surface area contributed by atoms with Crippen LogP contribution in [0.4, 0.5) is 0 Å². The van der Waals surface area contributed by atoms with E-state index in [-0.39, 0.29) is 5.91 Å². The van der Waals surface area contributed by atoms with Crippen molar-refractivity contribution >= 4 is 5.91 Å². The summed E-state index contributed by atoms with van der Waals surface area (Å²) in [4.78, 5) is 17.5. The summed E-state index contributed by atoms with van der Waals surface area (Å²) in [6, 6.07) is 8.61. The molecule has 2 aliphatic heterocycles. The fourth-order valence-electron chi connectivity index (χ4n) is 3.95. The Morgan fingerprint density at radius 2 is 1.88 bits per heavy atom. The smallest absolute Gasteiger partial charge is 0.276 e. The Morgan fingerprint density at radius 1 is 1.08 bits per heavy atom. The lowest BCUT2D eigenvalue weighted by molar-refractivity contribution is 0.0367. The maximum Gasteiger partial charge on any atom is 0.276 e. The highest BCUT2D eigenvalue weighted by atomic mass is 16.2. The topological polar surface area (TPSA) is 54.3 Å². The second-order valence-corrected chi connectivity index (χ2v) is 7.21. The maximum absolute atomic E-state index is 13.0. The molecule has 4 rings (SSSR count). The lowest BCUT2D eigenvalue weighted by atomic mass is 9.99. The molecule has 1 aromatic carbocycles. The van der Waals surface area contributed by atoms with Gasteiger partial charge in [-0.3, -0.25) is 9.69 Å². The number of benzene rings is 1. The molecule has 6 nitrogen and oxygen atoms in total. The molecule has 0 N–H and O–H groups in total. The summed E-state index contributed by atoms with van der Waals surface area (Å²) < 4.78 is 1.75. The number of aryl methyl sites for hydroxylation is 1. The fourth-order valence-corrected chi connectivity index (χ4v) is 3.95. The van der Waals surface area contributed by atoms with Crippen molar-refractivity contribution in [3.8, 4) is 5.69 Å². The van der Waals surface area contributed by atoms with Crippen LogP contribution in [0.2, 0.25) is 0 Å². The minimum absolute atomic E-state index is 0.0149. The van der Waals surface area contributed by atoms with E-state index in [1.165, 1.54) is 31.4 Å². The number of piperidine rings is 1. The number of rotatable bonds is 2. The molecular formula is C19H25N5O. The Kier molecular flexibility index (Phi) is 4.29. The van der Waals surface area contributed by atoms with Gasteiger partial charge in [0.05, 0.1) is 11.4 Å². The van der Waals surface area contributed by atoms with Gasteiger partial charge < -0.3 is 4.90 Å². The van der Waals surface area contributed by atoms with E-state index in [4.69, 9.17) is 0 Å². The number of hydrogen-bond acceptors (Lipinski definition) is 4. The van der Waals surface area contributed by atoms with Gasteiger partial charge in [0.15, 0.2) is 5.69 Å². The summed E-state index contributed by atoms with van der Waals surface area (Å²) >= 11 is 0. The van der Waals surface area contributed by atoms with Crippen LogP contribution in [-0.4, -0.2) is 62.9 Å². The lowest BCUT2D eigenvalue weighted by Gasteiger charge is -2.43. The van der Waals surface area contributed by atoms with E-state index in [9.17, 15) is 4.79 Å². The van der Waals surface area contributed by atoms with Gasteiger partial charge in [-0.05, 0) is 45.4 Å². The minimum atomic E-state index is 0.0149. The molecule has 2 fully saturated rings. The van der Waals surface area contributed by atoms with Crippen LogP contribution in [0.15, 0.2) is 24.3 Å². The maximum atomic E-state index is 13.0. The van der Waals surface area contributed by atoms with Crippen molar-refractivity contribution in [2.75, 3.05) is 26.2 Å². The molecule has 2 aliphatic rings. The Morgan fingerprint density at radius 3 is 2.68 bits per heavy atom. The number of carbonyl (C=O) groups is 1. The predicted octanol–water partition coefficient (Wildman–Crippen LogP) is 2.19. The molecule has 25 heavy (non-hydrogen) atoms. The van der Waals surface area contributed by atoms with Crippen LogP contribution < -0.4 is 0 Å². The van der Waals surface area contributed by atoms with Crippen LogP contribution in [-0.2, 0) is 0 Å². The average Bonchev–Trinajstić information content (AvgIpc) is 3.03. The van der Waals surface area contributed by atoms with Gasteiger partial charge in [-0.1, -0.05) is 29.3 Å². The van der Waals surface area contributed by atoms with Crippen molar-refractivity contribution in [2.45, 2.75) is 39.2 Å². The first-order chi connectivity index (χ1) is 12.1. The molecule has 132 valence electrons. The van der Waals surface area contributed by atoms with Crippen molar-refractivity contribution in [2.24, 2.45) is 0 Å². The number of hydrogen-bond donors (Lipinski definition) is 0. The van der Waals surface area contributed by atoms with Gasteiger partial charge in [0, 0.05) is 25.7 Å². The third kappa shape index (κ3) is 3.06. The van der Waals surface area contributed by atoms with E-state index in [1.54, 1.807) is 4.68 Å². The van der Waals surface area contributed by atoms with Gasteiger partial charge >= 0.3 is 0 Å². The van der Waals surface area contributed by atoms with Crippen molar-refractivity contribution < 1.29 is 4.79 Å². The van der Waals surface area contributed by atoms with Crippen LogP contribution >= 0.6 is 0 Å². The molecule has 3 heterocycles. The lowest BCUT2D eigenvalue weighted by Crippen LogP contribution is -2.56. The average molecular weight is 339 g/mol. The molecule has 6 heteroatoms. The summed E-state index contributed by atoms with van der Waals surface area (Å²) in [5.41, 5.74) is 3.42. The van der Waals surface area contributed by atoms with E-state index >= 15 is 0 Å². The highest BCUT2D eigenvalue weighted by molar-refractivity contribution is 5.93. The highest BCUT2D eigenvalue weighted by Gasteiger charge is 2.33. The van der Waals surface area contributed by atoms with Crippen molar-refractivity contribution in [3.63, 3.8) is 0 Å². The number of carbonyl (C=O) groups excluding carboxylic acids is 1. The zero-order valence-corrected chi connectivity index (χ0v) is 15.0. The van der Waals surface area contributed by atoms with Crippen LogP contribution in [0.5, 0.6) is 0 Å². The van der Waals surface area contributed by atoms with Crippen LogP contribution in [0.3, 0.4) is 0 Å². The molecular weight excluding hydrogens is 314 g/mol. The number of amides is 1. The summed E-state index contributed by atoms with van der Waals surface area (Å²) in [6.45, 7) is 7.72. The van der Waals surface area contributed by atoms with E-state index in [2.05, 4.69) is 22.1 Å². The first kappa shape index (κ1) is 16.3. The molecule has 2 aromatic rings. The first-order valence-electron chi connectivity index (χ1n) is 9.16. The first-order valence-corrected chi connectivity index (χ1v) is 9.16. The molecule has 0 radical (unpaired) electrons. The Bertz CT molecular complexity index is 767. The fraction of sp³-hybridized carbons (Fsp3) is 0.526. The quantitative estimate of drug-likeness (QED) is 0.842. The minimum Gasteiger partial charge on any atom is -0.334 e. The number of piperazine rings is 1. The van der Waals surface area contributed by atoms with E-state index in [1.807, 2.05) is 36.1 Å². The number of nitrogens with zero attached hydrogens (tertiary/aromatic N) is 5. The standard InChI is InChI=1S/C19H25N5O/c1-14-6-8-16(9-7-14)24-15(2)18(20-21-24)19(25)23-12-11-22-10-4-3-5-17(22)13-23/h6-9,17H,3-5,10-13H2,1-2H3/t17-/m0/s1. The van der Waals surface area contributed by atoms with Crippen LogP contribution in [0.1, 0.15) is 41.0 Å². The Labute approximate surface area is 148 Å². The molecule has 0 unspecified atom stereocenters. The summed E-state index contributed by atoms with van der Waals surface area (Å²) in [5, 5.41) is 8.42. The van der Waals surface area contributed by atoms with Gasteiger partial charge in [-0.15, -0.1) is 5.10 Å². The van der Waals surface area contributed by atoms with Crippen molar-refractivity contribution in [1.29, 1.82) is 0 Å². The molecule has 2 saturated heterocycles. The van der Waals surface area contributed by atoms with E-state index in [0.717, 1.165) is 31.0 Å². The van der Waals surface area contributed by atoms with Crippen molar-refractivity contribution in [3.05, 3.63) is 41.2 Å². The molecule has 1 aromatic heterocycles. The largest absolute Gasteiger partial charge is 0.334 e. The zero-order chi connectivity index (χ0) is 17.4. The molecule has 0 spiro atoms. The molecule has 0 aliphatic carbocycles. The van der Waals surface area contributed by atoms with Crippen LogP contribution in [0, 0.1) is 13.8 Å². The summed E-state index contributed by atoms with van der Waals surface area (Å²) in [6.07, 6.45) is 3.75. The van der Waals surface area contributed by atoms with Crippen LogP contribution in [0.25, 0.3) is 5.69 Å². The van der Waals surface area contributed by atoms with Crippen molar-refractivity contribution in [1.82, 2.24) is 24.8 Å². The second-order valence-electron chi connectivity index (χ2n) is 7.21.